The maximum atomic E-state index is 13.2. The van der Waals surface area contributed by atoms with E-state index in [0.717, 1.165) is 4.88 Å². The quantitative estimate of drug-likeness (QED) is 0.836. The van der Waals surface area contributed by atoms with Gasteiger partial charge in [0.05, 0.1) is 11.0 Å². The molecular weight excluding hydrogens is 334 g/mol. The number of thiazole rings is 1. The Morgan fingerprint density at radius 3 is 2.53 bits per heavy atom. The van der Waals surface area contributed by atoms with Gasteiger partial charge in [0, 0.05) is 16.8 Å². The van der Waals surface area contributed by atoms with Crippen molar-refractivity contribution in [1.82, 2.24) is 4.98 Å². The van der Waals surface area contributed by atoms with E-state index in [1.165, 1.54) is 23.5 Å². The van der Waals surface area contributed by atoms with Crippen LogP contribution < -0.4 is 5.32 Å². The van der Waals surface area contributed by atoms with Gasteiger partial charge in [-0.2, -0.15) is 0 Å². The molecule has 2 nitrogen and oxygen atoms in total. The molecule has 0 aliphatic carbocycles. The lowest BCUT2D eigenvalue weighted by atomic mass is 10.3. The normalized spacial score (nSPS) is 10.6. The highest BCUT2D eigenvalue weighted by Gasteiger charge is 2.08. The molecule has 0 saturated carbocycles. The Labute approximate surface area is 114 Å². The zero-order valence-electron chi connectivity index (χ0n) is 8.31. The van der Waals surface area contributed by atoms with Crippen molar-refractivity contribution in [3.05, 3.63) is 43.8 Å². The zero-order valence-corrected chi connectivity index (χ0v) is 11.5. The van der Waals surface area contributed by atoms with Crippen LogP contribution >= 0.6 is 38.9 Å². The first-order valence-corrected chi connectivity index (χ1v) is 6.53. The maximum absolute atomic E-state index is 13.2. The van der Waals surface area contributed by atoms with Gasteiger partial charge in [-0.1, -0.05) is 11.6 Å². The highest BCUT2D eigenvalue weighted by atomic mass is 79.9. The number of nitrogens with one attached hydrogen (secondary N) is 1. The maximum Gasteiger partial charge on any atom is 0.183 e. The summed E-state index contributed by atoms with van der Waals surface area (Å²) < 4.78 is 26.7. The van der Waals surface area contributed by atoms with Crippen molar-refractivity contribution in [2.75, 3.05) is 5.32 Å². The third-order valence-corrected chi connectivity index (χ3v) is 3.85. The van der Waals surface area contributed by atoms with Crippen molar-refractivity contribution in [2.24, 2.45) is 0 Å². The molecule has 0 amide bonds. The van der Waals surface area contributed by atoms with Gasteiger partial charge < -0.3 is 5.32 Å². The van der Waals surface area contributed by atoms with Crippen LogP contribution in [-0.4, -0.2) is 4.98 Å². The topological polar surface area (TPSA) is 24.9 Å². The van der Waals surface area contributed by atoms with E-state index in [2.05, 4.69) is 26.2 Å². The number of nitrogens with zero attached hydrogens (tertiary/aromatic N) is 1. The molecule has 0 unspecified atom stereocenters. The van der Waals surface area contributed by atoms with Gasteiger partial charge in [-0.25, -0.2) is 13.8 Å². The average molecular weight is 340 g/mol. The summed E-state index contributed by atoms with van der Waals surface area (Å²) in [5.74, 6) is -1.29. The number of rotatable bonds is 3. The summed E-state index contributed by atoms with van der Waals surface area (Å²) in [7, 11) is 0. The first kappa shape index (κ1) is 12.7. The van der Waals surface area contributed by atoms with Crippen LogP contribution in [0.4, 0.5) is 14.5 Å². The van der Waals surface area contributed by atoms with E-state index in [-0.39, 0.29) is 4.47 Å². The molecule has 17 heavy (non-hydrogen) atoms. The predicted octanol–water partition coefficient (Wildman–Crippen LogP) is 4.45. The van der Waals surface area contributed by atoms with E-state index in [4.69, 9.17) is 11.6 Å². The molecule has 0 radical (unpaired) electrons. The second-order valence-electron chi connectivity index (χ2n) is 3.19. The van der Waals surface area contributed by atoms with E-state index >= 15 is 0 Å². The second kappa shape index (κ2) is 5.29. The molecule has 1 heterocycles. The minimum atomic E-state index is -0.644. The first-order chi connectivity index (χ1) is 8.06. The van der Waals surface area contributed by atoms with E-state index in [1.807, 2.05) is 0 Å². The summed E-state index contributed by atoms with van der Waals surface area (Å²) in [6.07, 6.45) is 1.62. The standard InChI is InChI=1S/C10H6BrClF2N2S/c11-9-7(13)1-5(2-8(9)14)15-3-6-4-16-10(12)17-6/h1-2,4,15H,3H2. The van der Waals surface area contributed by atoms with Crippen LogP contribution in [0, 0.1) is 11.6 Å². The fourth-order valence-corrected chi connectivity index (χ4v) is 2.36. The number of aromatic nitrogens is 1. The molecule has 7 heteroatoms. The van der Waals surface area contributed by atoms with Crippen molar-refractivity contribution in [2.45, 2.75) is 6.54 Å². The summed E-state index contributed by atoms with van der Waals surface area (Å²) >= 11 is 9.79. The highest BCUT2D eigenvalue weighted by molar-refractivity contribution is 9.10. The molecule has 1 aromatic heterocycles. The van der Waals surface area contributed by atoms with Crippen molar-refractivity contribution < 1.29 is 8.78 Å². The van der Waals surface area contributed by atoms with Gasteiger partial charge in [0.15, 0.2) is 4.47 Å². The van der Waals surface area contributed by atoms with Gasteiger partial charge in [-0.3, -0.25) is 0 Å². The average Bonchev–Trinajstić information content (AvgIpc) is 2.69. The largest absolute Gasteiger partial charge is 0.380 e. The van der Waals surface area contributed by atoms with Gasteiger partial charge in [0.1, 0.15) is 11.6 Å². The molecule has 0 bridgehead atoms. The van der Waals surface area contributed by atoms with Crippen LogP contribution in [0.3, 0.4) is 0 Å². The molecule has 0 fully saturated rings. The van der Waals surface area contributed by atoms with Crippen LogP contribution in [0.15, 0.2) is 22.8 Å². The number of anilines is 1. The van der Waals surface area contributed by atoms with Gasteiger partial charge in [0.25, 0.3) is 0 Å². The molecule has 2 rings (SSSR count). The molecular formula is C10H6BrClF2N2S. The smallest absolute Gasteiger partial charge is 0.183 e. The summed E-state index contributed by atoms with van der Waals surface area (Å²) in [4.78, 5) is 4.75. The third kappa shape index (κ3) is 3.14. The molecule has 1 aromatic carbocycles. The van der Waals surface area contributed by atoms with Crippen molar-refractivity contribution >= 4 is 44.6 Å². The predicted molar refractivity (Wildman–Crippen MR) is 68.5 cm³/mol. The Morgan fingerprint density at radius 1 is 1.35 bits per heavy atom. The van der Waals surface area contributed by atoms with E-state index in [0.29, 0.717) is 16.7 Å². The molecule has 0 aliphatic heterocycles. The fraction of sp³-hybridized carbons (Fsp3) is 0.100. The Bertz CT molecular complexity index is 524. The summed E-state index contributed by atoms with van der Waals surface area (Å²) in [5, 5.41) is 2.89. The molecule has 2 aromatic rings. The summed E-state index contributed by atoms with van der Waals surface area (Å²) in [5.41, 5.74) is 0.368. The van der Waals surface area contributed by atoms with Gasteiger partial charge in [0.2, 0.25) is 0 Å². The summed E-state index contributed by atoms with van der Waals surface area (Å²) in [6.45, 7) is 0.422. The SMILES string of the molecule is Fc1cc(NCc2cnc(Cl)s2)cc(F)c1Br. The number of hydrogen-bond donors (Lipinski definition) is 1. The van der Waals surface area contributed by atoms with Crippen LogP contribution in [-0.2, 0) is 6.54 Å². The highest BCUT2D eigenvalue weighted by Crippen LogP contribution is 2.25. The third-order valence-electron chi connectivity index (χ3n) is 1.98. The van der Waals surface area contributed by atoms with Crippen LogP contribution in [0.5, 0.6) is 0 Å². The number of hydrogen-bond acceptors (Lipinski definition) is 3. The molecule has 0 atom stereocenters. The van der Waals surface area contributed by atoms with E-state index < -0.39 is 11.6 Å². The van der Waals surface area contributed by atoms with Crippen molar-refractivity contribution in [3.63, 3.8) is 0 Å². The monoisotopic (exact) mass is 338 g/mol. The van der Waals surface area contributed by atoms with Crippen LogP contribution in [0.25, 0.3) is 0 Å². The lowest BCUT2D eigenvalue weighted by Crippen LogP contribution is -1.99. The lowest BCUT2D eigenvalue weighted by molar-refractivity contribution is 0.572. The minimum Gasteiger partial charge on any atom is -0.380 e. The first-order valence-electron chi connectivity index (χ1n) is 4.55. The van der Waals surface area contributed by atoms with E-state index in [1.54, 1.807) is 6.20 Å². The van der Waals surface area contributed by atoms with Gasteiger partial charge >= 0.3 is 0 Å². The molecule has 1 N–H and O–H groups in total. The Hall–Kier alpha value is -0.720. The Kier molecular flexibility index (Phi) is 3.96. The molecule has 0 spiro atoms. The summed E-state index contributed by atoms with van der Waals surface area (Å²) in [6, 6.07) is 2.44. The van der Waals surface area contributed by atoms with Crippen molar-refractivity contribution in [1.29, 1.82) is 0 Å². The molecule has 90 valence electrons. The van der Waals surface area contributed by atoms with E-state index in [9.17, 15) is 8.78 Å². The Balaban J connectivity index is 2.09. The Morgan fingerprint density at radius 2 is 2.00 bits per heavy atom. The van der Waals surface area contributed by atoms with Gasteiger partial charge in [-0.15, -0.1) is 11.3 Å². The molecule has 0 saturated heterocycles. The number of halogens is 4. The van der Waals surface area contributed by atoms with Gasteiger partial charge in [-0.05, 0) is 28.1 Å². The minimum absolute atomic E-state index is 0.163. The van der Waals surface area contributed by atoms with Crippen molar-refractivity contribution in [3.8, 4) is 0 Å². The second-order valence-corrected chi connectivity index (χ2v) is 5.68. The number of benzene rings is 1. The van der Waals surface area contributed by atoms with Crippen LogP contribution in [0.2, 0.25) is 4.47 Å². The lowest BCUT2D eigenvalue weighted by Gasteiger charge is -2.06. The fourth-order valence-electron chi connectivity index (χ4n) is 1.21. The zero-order chi connectivity index (χ0) is 12.4. The molecule has 0 aliphatic rings. The van der Waals surface area contributed by atoms with Crippen LogP contribution in [0.1, 0.15) is 4.88 Å².